The molecule has 0 aliphatic carbocycles. The molecule has 3 nitrogen and oxygen atoms in total. The summed E-state index contributed by atoms with van der Waals surface area (Å²) in [5.74, 6) is 1.17. The minimum atomic E-state index is 1.17. The van der Waals surface area contributed by atoms with Crippen molar-refractivity contribution in [2.45, 2.75) is 25.7 Å². The molecule has 0 aromatic carbocycles. The topological polar surface area (TPSA) is 19.4 Å². The molecule has 16 heavy (non-hydrogen) atoms. The van der Waals surface area contributed by atoms with Crippen molar-refractivity contribution in [2.24, 2.45) is 0 Å². The summed E-state index contributed by atoms with van der Waals surface area (Å²) < 4.78 is 0. The summed E-state index contributed by atoms with van der Waals surface area (Å²) in [6.45, 7) is 4.78. The predicted octanol–water partition coefficient (Wildman–Crippen LogP) is 2.28. The number of nitrogens with zero attached hydrogens (tertiary/aromatic N) is 3. The van der Waals surface area contributed by atoms with Gasteiger partial charge in [0, 0.05) is 44.1 Å². The lowest BCUT2D eigenvalue weighted by molar-refractivity contribution is 0.924. The number of hydrogen-bond donors (Lipinski definition) is 0. The molecule has 3 heteroatoms. The Morgan fingerprint density at radius 1 is 0.875 bits per heavy atom. The van der Waals surface area contributed by atoms with Gasteiger partial charge >= 0.3 is 0 Å². The molecule has 0 unspecified atom stereocenters. The van der Waals surface area contributed by atoms with Crippen LogP contribution in [0.4, 0.5) is 11.5 Å². The highest BCUT2D eigenvalue weighted by Crippen LogP contribution is 2.25. The number of rotatable bonds is 2. The summed E-state index contributed by atoms with van der Waals surface area (Å²) in [5.41, 5.74) is 1.36. The zero-order valence-corrected chi connectivity index (χ0v) is 9.73. The molecule has 3 heterocycles. The molecule has 2 aliphatic rings. The Kier molecular flexibility index (Phi) is 2.68. The van der Waals surface area contributed by atoms with Crippen molar-refractivity contribution in [1.82, 2.24) is 4.98 Å². The van der Waals surface area contributed by atoms with Gasteiger partial charge in [0.15, 0.2) is 0 Å². The SMILES string of the molecule is c1cc(N2CCCC2)cc(N2CCCC2)n1. The van der Waals surface area contributed by atoms with Crippen LogP contribution >= 0.6 is 0 Å². The second kappa shape index (κ2) is 4.32. The first kappa shape index (κ1) is 9.94. The van der Waals surface area contributed by atoms with E-state index in [9.17, 15) is 0 Å². The third-order valence-electron chi connectivity index (χ3n) is 3.63. The molecule has 1 aromatic rings. The first-order valence-corrected chi connectivity index (χ1v) is 6.39. The van der Waals surface area contributed by atoms with E-state index in [-0.39, 0.29) is 0 Å². The second-order valence-electron chi connectivity index (χ2n) is 4.76. The van der Waals surface area contributed by atoms with Crippen LogP contribution in [0.15, 0.2) is 18.3 Å². The highest BCUT2D eigenvalue weighted by atomic mass is 15.2. The van der Waals surface area contributed by atoms with Crippen molar-refractivity contribution < 1.29 is 0 Å². The highest BCUT2D eigenvalue weighted by molar-refractivity contribution is 5.55. The van der Waals surface area contributed by atoms with Crippen molar-refractivity contribution >= 4 is 11.5 Å². The molecule has 86 valence electrons. The van der Waals surface area contributed by atoms with E-state index in [0.717, 1.165) is 0 Å². The maximum absolute atomic E-state index is 4.49. The molecule has 2 aliphatic heterocycles. The van der Waals surface area contributed by atoms with Crippen LogP contribution in [0.5, 0.6) is 0 Å². The van der Waals surface area contributed by atoms with Crippen molar-refractivity contribution in [3.8, 4) is 0 Å². The minimum absolute atomic E-state index is 1.17. The fourth-order valence-electron chi connectivity index (χ4n) is 2.70. The Morgan fingerprint density at radius 3 is 2.19 bits per heavy atom. The summed E-state index contributed by atoms with van der Waals surface area (Å²) in [4.78, 5) is 9.37. The predicted molar refractivity (Wildman–Crippen MR) is 67.1 cm³/mol. The number of aromatic nitrogens is 1. The van der Waals surface area contributed by atoms with Crippen molar-refractivity contribution in [3.05, 3.63) is 18.3 Å². The first-order chi connectivity index (χ1) is 7.93. The molecule has 0 spiro atoms. The van der Waals surface area contributed by atoms with Crippen LogP contribution in [0.2, 0.25) is 0 Å². The number of pyridine rings is 1. The van der Waals surface area contributed by atoms with E-state index < -0.39 is 0 Å². The molecular weight excluding hydrogens is 198 g/mol. The van der Waals surface area contributed by atoms with Gasteiger partial charge in [-0.3, -0.25) is 0 Å². The van der Waals surface area contributed by atoms with Gasteiger partial charge in [0.25, 0.3) is 0 Å². The van der Waals surface area contributed by atoms with E-state index in [4.69, 9.17) is 0 Å². The quantitative estimate of drug-likeness (QED) is 0.757. The van der Waals surface area contributed by atoms with Crippen LogP contribution in [0.1, 0.15) is 25.7 Å². The van der Waals surface area contributed by atoms with Gasteiger partial charge in [-0.2, -0.15) is 0 Å². The number of hydrogen-bond acceptors (Lipinski definition) is 3. The summed E-state index contributed by atoms with van der Waals surface area (Å²) in [7, 11) is 0. The molecule has 0 radical (unpaired) electrons. The summed E-state index contributed by atoms with van der Waals surface area (Å²) in [6.07, 6.45) is 7.26. The van der Waals surface area contributed by atoms with E-state index in [2.05, 4.69) is 26.9 Å². The standard InChI is InChI=1S/C13H19N3/c1-2-8-15(7-1)12-5-6-14-13(11-12)16-9-3-4-10-16/h5-6,11H,1-4,7-10H2. The zero-order chi connectivity index (χ0) is 10.8. The Labute approximate surface area is 97.1 Å². The molecule has 2 saturated heterocycles. The number of anilines is 2. The Hall–Kier alpha value is -1.25. The zero-order valence-electron chi connectivity index (χ0n) is 9.73. The van der Waals surface area contributed by atoms with Crippen molar-refractivity contribution in [2.75, 3.05) is 36.0 Å². The molecule has 0 saturated carbocycles. The smallest absolute Gasteiger partial charge is 0.130 e. The fraction of sp³-hybridized carbons (Fsp3) is 0.615. The van der Waals surface area contributed by atoms with Gasteiger partial charge in [-0.15, -0.1) is 0 Å². The van der Waals surface area contributed by atoms with Gasteiger partial charge in [0.2, 0.25) is 0 Å². The average Bonchev–Trinajstić information content (AvgIpc) is 3.03. The van der Waals surface area contributed by atoms with Crippen LogP contribution < -0.4 is 9.80 Å². The van der Waals surface area contributed by atoms with E-state index in [1.165, 1.54) is 63.4 Å². The van der Waals surface area contributed by atoms with Crippen molar-refractivity contribution in [1.29, 1.82) is 0 Å². The van der Waals surface area contributed by atoms with Crippen LogP contribution in [0.25, 0.3) is 0 Å². The van der Waals surface area contributed by atoms with Crippen LogP contribution in [-0.2, 0) is 0 Å². The Balaban J connectivity index is 1.81. The maximum atomic E-state index is 4.49. The molecule has 3 rings (SSSR count). The normalized spacial score (nSPS) is 20.8. The summed E-state index contributed by atoms with van der Waals surface area (Å²) in [6, 6.07) is 4.40. The van der Waals surface area contributed by atoms with Gasteiger partial charge < -0.3 is 9.80 Å². The first-order valence-electron chi connectivity index (χ1n) is 6.39. The molecule has 0 bridgehead atoms. The second-order valence-corrected chi connectivity index (χ2v) is 4.76. The van der Waals surface area contributed by atoms with E-state index in [1.807, 2.05) is 6.20 Å². The van der Waals surface area contributed by atoms with Gasteiger partial charge in [-0.25, -0.2) is 4.98 Å². The highest BCUT2D eigenvalue weighted by Gasteiger charge is 2.16. The molecule has 1 aromatic heterocycles. The molecule has 0 atom stereocenters. The van der Waals surface area contributed by atoms with E-state index >= 15 is 0 Å². The van der Waals surface area contributed by atoms with Gasteiger partial charge in [-0.05, 0) is 31.7 Å². The lowest BCUT2D eigenvalue weighted by Crippen LogP contribution is -2.21. The van der Waals surface area contributed by atoms with Crippen LogP contribution in [0.3, 0.4) is 0 Å². The lowest BCUT2D eigenvalue weighted by Gasteiger charge is -2.21. The molecule has 0 amide bonds. The van der Waals surface area contributed by atoms with E-state index in [0.29, 0.717) is 0 Å². The Bertz CT molecular complexity index is 321. The van der Waals surface area contributed by atoms with E-state index in [1.54, 1.807) is 0 Å². The maximum Gasteiger partial charge on any atom is 0.130 e. The monoisotopic (exact) mass is 217 g/mol. The minimum Gasteiger partial charge on any atom is -0.371 e. The summed E-state index contributed by atoms with van der Waals surface area (Å²) in [5, 5.41) is 0. The van der Waals surface area contributed by atoms with Crippen LogP contribution in [-0.4, -0.2) is 31.2 Å². The largest absolute Gasteiger partial charge is 0.371 e. The molecular formula is C13H19N3. The average molecular weight is 217 g/mol. The van der Waals surface area contributed by atoms with Gasteiger partial charge in [0.05, 0.1) is 0 Å². The third kappa shape index (κ3) is 1.86. The molecule has 0 N–H and O–H groups in total. The van der Waals surface area contributed by atoms with Gasteiger partial charge in [-0.1, -0.05) is 0 Å². The molecule has 2 fully saturated rings. The fourth-order valence-corrected chi connectivity index (χ4v) is 2.70. The summed E-state index contributed by atoms with van der Waals surface area (Å²) >= 11 is 0. The van der Waals surface area contributed by atoms with Crippen molar-refractivity contribution in [3.63, 3.8) is 0 Å². The Morgan fingerprint density at radius 2 is 1.50 bits per heavy atom. The third-order valence-corrected chi connectivity index (χ3v) is 3.63. The van der Waals surface area contributed by atoms with Crippen LogP contribution in [0, 0.1) is 0 Å². The lowest BCUT2D eigenvalue weighted by atomic mass is 10.3. The van der Waals surface area contributed by atoms with Gasteiger partial charge in [0.1, 0.15) is 5.82 Å².